The molecule has 2 amide bonds. The number of carbonyl (C=O) groups is 3. The van der Waals surface area contributed by atoms with Gasteiger partial charge in [0.1, 0.15) is 17.5 Å². The second-order valence-corrected chi connectivity index (χ2v) is 8.26. The van der Waals surface area contributed by atoms with E-state index in [1.54, 1.807) is 32.3 Å². The van der Waals surface area contributed by atoms with Gasteiger partial charge in [0.15, 0.2) is 6.61 Å². The molecule has 0 spiro atoms. The average molecular weight is 431 g/mol. The van der Waals surface area contributed by atoms with Gasteiger partial charge in [-0.2, -0.15) is 0 Å². The third kappa shape index (κ3) is 5.16. The zero-order chi connectivity index (χ0) is 22.7. The molecule has 9 heteroatoms. The highest BCUT2D eigenvalue weighted by atomic mass is 16.5. The van der Waals surface area contributed by atoms with Crippen molar-refractivity contribution in [2.45, 2.75) is 38.8 Å². The number of esters is 1. The number of nitrogens with one attached hydrogen (secondary N) is 1. The molecule has 31 heavy (non-hydrogen) atoms. The molecule has 1 aromatic carbocycles. The number of piperidine rings is 1. The number of nitrogens with zero attached hydrogens (tertiary/aromatic N) is 2. The number of hydrogen-bond donors (Lipinski definition) is 2. The molecule has 0 atom stereocenters. The maximum atomic E-state index is 12.5. The molecule has 2 aromatic rings. The van der Waals surface area contributed by atoms with Crippen LogP contribution in [0.25, 0.3) is 10.9 Å². The molecule has 0 bridgehead atoms. The van der Waals surface area contributed by atoms with Gasteiger partial charge in [-0.1, -0.05) is 0 Å². The Kier molecular flexibility index (Phi) is 6.84. The number of aromatic amines is 1. The van der Waals surface area contributed by atoms with Crippen LogP contribution >= 0.6 is 0 Å². The fourth-order valence-electron chi connectivity index (χ4n) is 3.68. The fraction of sp³-hybridized carbons (Fsp3) is 0.500. The molecule has 1 saturated heterocycles. The molecule has 1 aromatic heterocycles. The smallest absolute Gasteiger partial charge is 0.356 e. The van der Waals surface area contributed by atoms with E-state index in [0.717, 1.165) is 25.9 Å². The number of likely N-dealkylation sites (N-methyl/N-ethyl adjacent to an activating group) is 1. The fourth-order valence-corrected chi connectivity index (χ4v) is 3.68. The number of fused-ring (bicyclic) bond motifs is 1. The second kappa shape index (κ2) is 9.38. The van der Waals surface area contributed by atoms with Gasteiger partial charge < -0.3 is 30.0 Å². The molecule has 1 fully saturated rings. The summed E-state index contributed by atoms with van der Waals surface area (Å²) in [6.45, 7) is 5.89. The molecule has 0 saturated carbocycles. The lowest BCUT2D eigenvalue weighted by atomic mass is 10.1. The van der Waals surface area contributed by atoms with Crippen LogP contribution in [0.15, 0.2) is 18.2 Å². The van der Waals surface area contributed by atoms with Gasteiger partial charge in [-0.05, 0) is 44.9 Å². The molecular weight excluding hydrogens is 400 g/mol. The summed E-state index contributed by atoms with van der Waals surface area (Å²) in [6.07, 6.45) is 1.93. The van der Waals surface area contributed by atoms with Crippen molar-refractivity contribution in [1.29, 1.82) is 0 Å². The summed E-state index contributed by atoms with van der Waals surface area (Å²) in [7, 11) is 3.12. The summed E-state index contributed by atoms with van der Waals surface area (Å²) in [5, 5.41) is 0.482. The molecule has 0 radical (unpaired) electrons. The predicted octanol–water partition coefficient (Wildman–Crippen LogP) is 1.76. The lowest BCUT2D eigenvalue weighted by Gasteiger charge is -2.34. The Balaban J connectivity index is 1.79. The third-order valence-corrected chi connectivity index (χ3v) is 5.56. The SMILES string of the molecule is CC(C)N1CCC(Oc2ccc3[nH]c(C(=O)OCC(=O)N(C)C)c(C(N)=O)c3c2)CC1. The number of carbonyl (C=O) groups excluding carboxylic acids is 3. The van der Waals surface area contributed by atoms with Gasteiger partial charge >= 0.3 is 5.97 Å². The van der Waals surface area contributed by atoms with E-state index in [1.807, 2.05) is 0 Å². The molecule has 168 valence electrons. The first kappa shape index (κ1) is 22.6. The van der Waals surface area contributed by atoms with Crippen LogP contribution < -0.4 is 10.5 Å². The van der Waals surface area contributed by atoms with Crippen molar-refractivity contribution in [2.75, 3.05) is 33.8 Å². The van der Waals surface area contributed by atoms with Crippen molar-refractivity contribution >= 4 is 28.7 Å². The van der Waals surface area contributed by atoms with Crippen molar-refractivity contribution in [1.82, 2.24) is 14.8 Å². The number of ether oxygens (including phenoxy) is 2. The van der Waals surface area contributed by atoms with E-state index in [1.165, 1.54) is 4.90 Å². The standard InChI is InChI=1S/C22H30N4O5/c1-13(2)26-9-7-14(8-10-26)31-15-5-6-17-16(11-15)19(21(23)28)20(24-17)22(29)30-12-18(27)25(3)4/h5-6,11,13-14,24H,7-10,12H2,1-4H3,(H2,23,28). The number of rotatable bonds is 7. The Hall–Kier alpha value is -3.07. The summed E-state index contributed by atoms with van der Waals surface area (Å²) < 4.78 is 11.2. The Morgan fingerprint density at radius 3 is 2.48 bits per heavy atom. The summed E-state index contributed by atoms with van der Waals surface area (Å²) in [6, 6.07) is 5.76. The van der Waals surface area contributed by atoms with Gasteiger partial charge in [-0.15, -0.1) is 0 Å². The highest BCUT2D eigenvalue weighted by Gasteiger charge is 2.25. The van der Waals surface area contributed by atoms with Crippen LogP contribution in [-0.4, -0.2) is 78.5 Å². The minimum absolute atomic E-state index is 0.0254. The van der Waals surface area contributed by atoms with Gasteiger partial charge in [0.25, 0.3) is 11.8 Å². The van der Waals surface area contributed by atoms with Gasteiger partial charge in [0.05, 0.1) is 5.56 Å². The molecule has 3 rings (SSSR count). The Morgan fingerprint density at radius 1 is 1.23 bits per heavy atom. The molecule has 1 aliphatic rings. The third-order valence-electron chi connectivity index (χ3n) is 5.56. The molecule has 0 unspecified atom stereocenters. The van der Waals surface area contributed by atoms with Crippen LogP contribution in [0.2, 0.25) is 0 Å². The number of benzene rings is 1. The van der Waals surface area contributed by atoms with Crippen LogP contribution in [0.3, 0.4) is 0 Å². The predicted molar refractivity (Wildman–Crippen MR) is 116 cm³/mol. The quantitative estimate of drug-likeness (QED) is 0.647. The highest BCUT2D eigenvalue weighted by Crippen LogP contribution is 2.29. The number of primary amides is 1. The van der Waals surface area contributed by atoms with E-state index in [2.05, 4.69) is 23.7 Å². The van der Waals surface area contributed by atoms with Crippen molar-refractivity contribution in [3.8, 4) is 5.75 Å². The van der Waals surface area contributed by atoms with Crippen LogP contribution in [-0.2, 0) is 9.53 Å². The normalized spacial score (nSPS) is 15.3. The average Bonchev–Trinajstić information content (AvgIpc) is 3.11. The summed E-state index contributed by atoms with van der Waals surface area (Å²) in [5.74, 6) is -1.34. The van der Waals surface area contributed by atoms with Crippen LogP contribution in [0.5, 0.6) is 5.75 Å². The number of likely N-dealkylation sites (tertiary alicyclic amines) is 1. The Labute approximate surface area is 181 Å². The largest absolute Gasteiger partial charge is 0.490 e. The van der Waals surface area contributed by atoms with Crippen molar-refractivity contribution in [3.63, 3.8) is 0 Å². The molecule has 0 aliphatic carbocycles. The lowest BCUT2D eigenvalue weighted by molar-refractivity contribution is -0.131. The number of nitrogens with two attached hydrogens (primary N) is 1. The first-order valence-corrected chi connectivity index (χ1v) is 10.4. The molecule has 2 heterocycles. The topological polar surface area (TPSA) is 118 Å². The van der Waals surface area contributed by atoms with E-state index in [-0.39, 0.29) is 23.3 Å². The van der Waals surface area contributed by atoms with E-state index in [4.69, 9.17) is 15.2 Å². The maximum Gasteiger partial charge on any atom is 0.356 e. The zero-order valence-electron chi connectivity index (χ0n) is 18.4. The Morgan fingerprint density at radius 2 is 1.90 bits per heavy atom. The first-order chi connectivity index (χ1) is 14.7. The van der Waals surface area contributed by atoms with Crippen molar-refractivity contribution in [3.05, 3.63) is 29.5 Å². The van der Waals surface area contributed by atoms with Crippen LogP contribution in [0, 0.1) is 0 Å². The van der Waals surface area contributed by atoms with Gasteiger partial charge in [-0.25, -0.2) is 4.79 Å². The zero-order valence-corrected chi connectivity index (χ0v) is 18.4. The molecular formula is C22H30N4O5. The minimum Gasteiger partial charge on any atom is -0.490 e. The van der Waals surface area contributed by atoms with Crippen LogP contribution in [0.1, 0.15) is 47.5 Å². The summed E-state index contributed by atoms with van der Waals surface area (Å²) in [4.78, 5) is 42.9. The summed E-state index contributed by atoms with van der Waals surface area (Å²) in [5.41, 5.74) is 6.07. The maximum absolute atomic E-state index is 12.5. The minimum atomic E-state index is -0.816. The number of hydrogen-bond acceptors (Lipinski definition) is 6. The number of H-pyrrole nitrogens is 1. The lowest BCUT2D eigenvalue weighted by Crippen LogP contribution is -2.41. The van der Waals surface area contributed by atoms with Gasteiger partial charge in [0.2, 0.25) is 0 Å². The molecule has 1 aliphatic heterocycles. The second-order valence-electron chi connectivity index (χ2n) is 8.26. The van der Waals surface area contributed by atoms with Crippen molar-refractivity contribution < 1.29 is 23.9 Å². The molecule has 3 N–H and O–H groups in total. The summed E-state index contributed by atoms with van der Waals surface area (Å²) >= 11 is 0. The Bertz CT molecular complexity index is 974. The van der Waals surface area contributed by atoms with E-state index >= 15 is 0 Å². The monoisotopic (exact) mass is 430 g/mol. The van der Waals surface area contributed by atoms with E-state index < -0.39 is 18.5 Å². The van der Waals surface area contributed by atoms with Crippen molar-refractivity contribution in [2.24, 2.45) is 5.73 Å². The van der Waals surface area contributed by atoms with E-state index in [9.17, 15) is 14.4 Å². The number of amides is 2. The van der Waals surface area contributed by atoms with Crippen LogP contribution in [0.4, 0.5) is 0 Å². The first-order valence-electron chi connectivity index (χ1n) is 10.4. The molecule has 9 nitrogen and oxygen atoms in total. The van der Waals surface area contributed by atoms with Gasteiger partial charge in [0, 0.05) is 44.1 Å². The van der Waals surface area contributed by atoms with E-state index in [0.29, 0.717) is 22.7 Å². The number of aromatic nitrogens is 1. The van der Waals surface area contributed by atoms with Gasteiger partial charge in [-0.3, -0.25) is 9.59 Å². The highest BCUT2D eigenvalue weighted by molar-refractivity contribution is 6.14.